The van der Waals surface area contributed by atoms with Gasteiger partial charge in [0.15, 0.2) is 0 Å². The Morgan fingerprint density at radius 2 is 0.677 bits per heavy atom. The van der Waals surface area contributed by atoms with E-state index in [1.165, 1.54) is 38.5 Å². The lowest BCUT2D eigenvalue weighted by Gasteiger charge is -2.14. The number of hydrogen-bond donors (Lipinski definition) is 0. The standard InChI is InChI=1S/C58H38N4/c1-5-17-39(18-6-1)45-33-46(40-19-7-2-8-20-40)35-47(34-45)61-54-27-15-13-25-48(54)50-31-29-44(37-57(50)61)43-30-32-56-51(36-43)49-26-14-16-28-55(49)62(56)58-59-52(41-21-9-3-10-22-41)38-53(60-58)42-23-11-4-12-24-42/h1-38H. The van der Waals surface area contributed by atoms with Gasteiger partial charge in [0.05, 0.1) is 33.5 Å². The fraction of sp³-hybridized carbons (Fsp3) is 0. The molecule has 0 unspecified atom stereocenters. The van der Waals surface area contributed by atoms with Crippen LogP contribution in [0.2, 0.25) is 0 Å². The molecule has 12 rings (SSSR count). The van der Waals surface area contributed by atoms with E-state index >= 15 is 0 Å². The molecule has 4 nitrogen and oxygen atoms in total. The molecule has 4 heteroatoms. The van der Waals surface area contributed by atoms with Gasteiger partial charge in [0, 0.05) is 38.4 Å². The van der Waals surface area contributed by atoms with Crippen LogP contribution in [0.15, 0.2) is 231 Å². The third-order valence-corrected chi connectivity index (χ3v) is 12.1. The zero-order valence-corrected chi connectivity index (χ0v) is 33.7. The number of fused-ring (bicyclic) bond motifs is 6. The molecule has 9 aromatic carbocycles. The van der Waals surface area contributed by atoms with Crippen LogP contribution in [-0.4, -0.2) is 19.1 Å². The molecule has 0 bridgehead atoms. The molecule has 3 heterocycles. The Morgan fingerprint density at radius 1 is 0.242 bits per heavy atom. The quantitative estimate of drug-likeness (QED) is 0.161. The Balaban J connectivity index is 1.05. The first kappa shape index (κ1) is 35.6. The molecule has 62 heavy (non-hydrogen) atoms. The van der Waals surface area contributed by atoms with Gasteiger partial charge in [-0.15, -0.1) is 0 Å². The Morgan fingerprint density at radius 3 is 1.26 bits per heavy atom. The average Bonchev–Trinajstić information content (AvgIpc) is 3.87. The largest absolute Gasteiger partial charge is 0.309 e. The van der Waals surface area contributed by atoms with E-state index in [4.69, 9.17) is 9.97 Å². The molecule has 0 saturated heterocycles. The van der Waals surface area contributed by atoms with E-state index in [0.29, 0.717) is 5.95 Å². The highest BCUT2D eigenvalue weighted by Gasteiger charge is 2.19. The summed E-state index contributed by atoms with van der Waals surface area (Å²) < 4.78 is 4.66. The van der Waals surface area contributed by atoms with Gasteiger partial charge in [-0.3, -0.25) is 4.57 Å². The number of para-hydroxylation sites is 2. The van der Waals surface area contributed by atoms with Crippen LogP contribution < -0.4 is 0 Å². The van der Waals surface area contributed by atoms with E-state index < -0.39 is 0 Å². The summed E-state index contributed by atoms with van der Waals surface area (Å²) in [6.07, 6.45) is 0. The van der Waals surface area contributed by atoms with Crippen molar-refractivity contribution in [2.75, 3.05) is 0 Å². The summed E-state index contributed by atoms with van der Waals surface area (Å²) in [5.41, 5.74) is 16.5. The third-order valence-electron chi connectivity index (χ3n) is 12.1. The van der Waals surface area contributed by atoms with E-state index in [0.717, 1.165) is 66.7 Å². The fourth-order valence-corrected chi connectivity index (χ4v) is 9.18. The third kappa shape index (κ3) is 6.08. The van der Waals surface area contributed by atoms with Crippen LogP contribution in [0.25, 0.3) is 111 Å². The predicted molar refractivity (Wildman–Crippen MR) is 258 cm³/mol. The summed E-state index contributed by atoms with van der Waals surface area (Å²) in [6.45, 7) is 0. The van der Waals surface area contributed by atoms with Crippen molar-refractivity contribution >= 4 is 43.6 Å². The lowest BCUT2D eigenvalue weighted by Crippen LogP contribution is -2.03. The second-order valence-corrected chi connectivity index (χ2v) is 15.8. The molecule has 0 aliphatic carbocycles. The molecule has 0 spiro atoms. The highest BCUT2D eigenvalue weighted by atomic mass is 15.2. The molecule has 0 amide bonds. The van der Waals surface area contributed by atoms with Crippen molar-refractivity contribution in [3.8, 4) is 67.5 Å². The molecule has 3 aromatic heterocycles. The average molecular weight is 791 g/mol. The molecular weight excluding hydrogens is 753 g/mol. The molecule has 0 fully saturated rings. The monoisotopic (exact) mass is 790 g/mol. The fourth-order valence-electron chi connectivity index (χ4n) is 9.18. The lowest BCUT2D eigenvalue weighted by atomic mass is 9.98. The molecule has 0 aliphatic heterocycles. The molecule has 0 aliphatic rings. The summed E-state index contributed by atoms with van der Waals surface area (Å²) in [6, 6.07) is 82.3. The number of nitrogens with zero attached hydrogens (tertiary/aromatic N) is 4. The second-order valence-electron chi connectivity index (χ2n) is 15.8. The summed E-state index contributed by atoms with van der Waals surface area (Å²) in [5.74, 6) is 0.641. The van der Waals surface area contributed by atoms with E-state index in [1.807, 2.05) is 12.1 Å². The molecule has 0 N–H and O–H groups in total. The molecular formula is C58H38N4. The van der Waals surface area contributed by atoms with Crippen molar-refractivity contribution in [1.82, 2.24) is 19.1 Å². The number of rotatable bonds is 7. The van der Waals surface area contributed by atoms with Crippen molar-refractivity contribution < 1.29 is 0 Å². The topological polar surface area (TPSA) is 35.6 Å². The minimum Gasteiger partial charge on any atom is -0.309 e. The van der Waals surface area contributed by atoms with Crippen LogP contribution in [0.3, 0.4) is 0 Å². The van der Waals surface area contributed by atoms with E-state index in [-0.39, 0.29) is 0 Å². The zero-order chi connectivity index (χ0) is 41.0. The summed E-state index contributed by atoms with van der Waals surface area (Å²) >= 11 is 0. The van der Waals surface area contributed by atoms with Gasteiger partial charge in [-0.05, 0) is 88.0 Å². The first-order valence-electron chi connectivity index (χ1n) is 21.1. The van der Waals surface area contributed by atoms with E-state index in [2.05, 4.69) is 228 Å². The Hall–Kier alpha value is -8.34. The zero-order valence-electron chi connectivity index (χ0n) is 33.7. The predicted octanol–water partition coefficient (Wildman–Crippen LogP) is 15.0. The van der Waals surface area contributed by atoms with E-state index in [1.54, 1.807) is 0 Å². The van der Waals surface area contributed by atoms with Crippen molar-refractivity contribution in [3.63, 3.8) is 0 Å². The SMILES string of the molecule is c1ccc(-c2cc(-c3ccccc3)cc(-n3c4ccccc4c4ccc(-c5ccc6c(c5)c5ccccc5n6-c5nc(-c6ccccc6)cc(-c6ccccc6)n5)cc43)c2)cc1. The minimum absolute atomic E-state index is 0.641. The van der Waals surface area contributed by atoms with Gasteiger partial charge >= 0.3 is 0 Å². The smallest absolute Gasteiger partial charge is 0.235 e. The first-order chi connectivity index (χ1) is 30.7. The van der Waals surface area contributed by atoms with Crippen LogP contribution in [0.1, 0.15) is 0 Å². The highest BCUT2D eigenvalue weighted by molar-refractivity contribution is 6.12. The minimum atomic E-state index is 0.641. The van der Waals surface area contributed by atoms with Crippen LogP contribution in [0.4, 0.5) is 0 Å². The Kier molecular flexibility index (Phi) is 8.46. The highest BCUT2D eigenvalue weighted by Crippen LogP contribution is 2.40. The van der Waals surface area contributed by atoms with Gasteiger partial charge in [0.25, 0.3) is 0 Å². The van der Waals surface area contributed by atoms with Gasteiger partial charge in [-0.2, -0.15) is 0 Å². The summed E-state index contributed by atoms with van der Waals surface area (Å²) in [4.78, 5) is 10.5. The van der Waals surface area contributed by atoms with Crippen molar-refractivity contribution in [1.29, 1.82) is 0 Å². The van der Waals surface area contributed by atoms with Gasteiger partial charge < -0.3 is 4.57 Å². The summed E-state index contributed by atoms with van der Waals surface area (Å²) in [5, 5.41) is 4.75. The maximum absolute atomic E-state index is 5.25. The molecule has 0 radical (unpaired) electrons. The van der Waals surface area contributed by atoms with E-state index in [9.17, 15) is 0 Å². The number of benzene rings is 9. The normalized spacial score (nSPS) is 11.5. The molecule has 0 atom stereocenters. The summed E-state index contributed by atoms with van der Waals surface area (Å²) in [7, 11) is 0. The van der Waals surface area contributed by atoms with Gasteiger partial charge in [-0.1, -0.05) is 176 Å². The maximum Gasteiger partial charge on any atom is 0.235 e. The van der Waals surface area contributed by atoms with Crippen molar-refractivity contribution in [2.45, 2.75) is 0 Å². The second kappa shape index (κ2) is 14.7. The molecule has 290 valence electrons. The van der Waals surface area contributed by atoms with Gasteiger partial charge in [0.1, 0.15) is 0 Å². The molecule has 12 aromatic rings. The van der Waals surface area contributed by atoms with Crippen LogP contribution >= 0.6 is 0 Å². The number of hydrogen-bond acceptors (Lipinski definition) is 2. The Labute approximate surface area is 359 Å². The maximum atomic E-state index is 5.25. The van der Waals surface area contributed by atoms with Crippen LogP contribution in [-0.2, 0) is 0 Å². The molecule has 0 saturated carbocycles. The number of aromatic nitrogens is 4. The van der Waals surface area contributed by atoms with Crippen molar-refractivity contribution in [2.24, 2.45) is 0 Å². The van der Waals surface area contributed by atoms with Crippen LogP contribution in [0, 0.1) is 0 Å². The van der Waals surface area contributed by atoms with Gasteiger partial charge in [0.2, 0.25) is 5.95 Å². The van der Waals surface area contributed by atoms with Crippen LogP contribution in [0.5, 0.6) is 0 Å². The Bertz CT molecular complexity index is 3490. The van der Waals surface area contributed by atoms with Gasteiger partial charge in [-0.25, -0.2) is 9.97 Å². The van der Waals surface area contributed by atoms with Crippen molar-refractivity contribution in [3.05, 3.63) is 231 Å². The first-order valence-corrected chi connectivity index (χ1v) is 21.1. The lowest BCUT2D eigenvalue weighted by molar-refractivity contribution is 0.995.